The SMILES string of the molecule is Cc1ncsc1-c1ccc(Cc2sc(C3CCCN3C(=O)O)nc2O[Si](c2ccccc2)(c2ccccc2)C(C)(C)C)cc1. The Balaban J connectivity index is 1.46. The van der Waals surface area contributed by atoms with Gasteiger partial charge in [-0.15, -0.1) is 22.7 Å². The zero-order valence-corrected chi connectivity index (χ0v) is 28.1. The molecule has 6 rings (SSSR count). The van der Waals surface area contributed by atoms with E-state index in [0.29, 0.717) is 18.8 Å². The molecule has 1 aliphatic heterocycles. The van der Waals surface area contributed by atoms with E-state index in [9.17, 15) is 9.90 Å². The van der Waals surface area contributed by atoms with Crippen molar-refractivity contribution in [2.24, 2.45) is 0 Å². The first-order chi connectivity index (χ1) is 21.2. The van der Waals surface area contributed by atoms with Crippen LogP contribution >= 0.6 is 22.7 Å². The third kappa shape index (κ3) is 5.71. The molecule has 1 N–H and O–H groups in total. The molecule has 0 aliphatic carbocycles. The highest BCUT2D eigenvalue weighted by Crippen LogP contribution is 2.43. The highest BCUT2D eigenvalue weighted by atomic mass is 32.1. The normalized spacial score (nSPS) is 15.5. The van der Waals surface area contributed by atoms with Crippen molar-refractivity contribution in [1.29, 1.82) is 0 Å². The summed E-state index contributed by atoms with van der Waals surface area (Å²) in [6.45, 7) is 9.34. The first-order valence-corrected chi connectivity index (χ1v) is 18.6. The van der Waals surface area contributed by atoms with Gasteiger partial charge in [-0.1, -0.05) is 106 Å². The molecule has 3 heterocycles. The molecule has 5 aromatic rings. The van der Waals surface area contributed by atoms with Crippen molar-refractivity contribution in [3.8, 4) is 16.3 Å². The fraction of sp³-hybridized carbons (Fsp3) is 0.286. The second-order valence-electron chi connectivity index (χ2n) is 12.3. The summed E-state index contributed by atoms with van der Waals surface area (Å²) in [6.07, 6.45) is 1.34. The van der Waals surface area contributed by atoms with Crippen LogP contribution in [0, 0.1) is 6.92 Å². The number of nitrogens with zero attached hydrogens (tertiary/aromatic N) is 3. The van der Waals surface area contributed by atoms with Crippen LogP contribution in [0.1, 0.15) is 60.8 Å². The molecule has 0 spiro atoms. The molecule has 6 nitrogen and oxygen atoms in total. The molecule has 1 aliphatic rings. The van der Waals surface area contributed by atoms with Gasteiger partial charge in [0.15, 0.2) is 0 Å². The number of hydrogen-bond donors (Lipinski definition) is 1. The van der Waals surface area contributed by atoms with Crippen LogP contribution in [0.5, 0.6) is 5.88 Å². The molecule has 2 aromatic heterocycles. The molecule has 1 unspecified atom stereocenters. The van der Waals surface area contributed by atoms with Gasteiger partial charge in [-0.2, -0.15) is 0 Å². The standard InChI is InChI=1S/C35H37N3O3S2Si/c1-24-31(42-23-36-24)26-19-17-25(18-20-26)22-30-32(37-33(43-30)29-16-11-21-38(29)34(39)40)41-44(35(2,3)4,27-12-7-5-8-13-27)28-14-9-6-10-15-28/h5-10,12-15,17-20,23,29H,11,16,21-22H2,1-4H3,(H,39,40). The van der Waals surface area contributed by atoms with E-state index in [-0.39, 0.29) is 11.1 Å². The summed E-state index contributed by atoms with van der Waals surface area (Å²) in [5.41, 5.74) is 5.23. The molecular formula is C35H37N3O3S2Si. The maximum absolute atomic E-state index is 12.1. The van der Waals surface area contributed by atoms with Gasteiger partial charge in [-0.05, 0) is 46.3 Å². The Morgan fingerprint density at radius 3 is 2.18 bits per heavy atom. The van der Waals surface area contributed by atoms with Crippen molar-refractivity contribution in [2.75, 3.05) is 6.54 Å². The van der Waals surface area contributed by atoms with Gasteiger partial charge in [0.25, 0.3) is 0 Å². The highest BCUT2D eigenvalue weighted by molar-refractivity contribution is 7.13. The maximum atomic E-state index is 12.1. The number of hydrogen-bond acceptors (Lipinski definition) is 6. The quantitative estimate of drug-likeness (QED) is 0.175. The number of thiazole rings is 2. The molecule has 1 fully saturated rings. The molecule has 0 radical (unpaired) electrons. The lowest BCUT2D eigenvalue weighted by Gasteiger charge is -2.42. The van der Waals surface area contributed by atoms with Crippen LogP contribution < -0.4 is 14.8 Å². The Morgan fingerprint density at radius 1 is 1.00 bits per heavy atom. The van der Waals surface area contributed by atoms with Gasteiger partial charge in [0.2, 0.25) is 5.88 Å². The number of rotatable bonds is 8. The minimum Gasteiger partial charge on any atom is -0.520 e. The molecule has 226 valence electrons. The molecular weight excluding hydrogens is 603 g/mol. The smallest absolute Gasteiger partial charge is 0.407 e. The van der Waals surface area contributed by atoms with Gasteiger partial charge in [0.05, 0.1) is 27.0 Å². The van der Waals surface area contributed by atoms with Crippen molar-refractivity contribution in [3.05, 3.63) is 112 Å². The van der Waals surface area contributed by atoms with E-state index < -0.39 is 14.4 Å². The Bertz CT molecular complexity index is 1690. The van der Waals surface area contributed by atoms with Crippen molar-refractivity contribution in [2.45, 2.75) is 58.0 Å². The molecule has 0 saturated carbocycles. The number of likely N-dealkylation sites (tertiary alicyclic amines) is 1. The zero-order chi connectivity index (χ0) is 30.9. The van der Waals surface area contributed by atoms with E-state index in [2.05, 4.69) is 98.6 Å². The third-order valence-corrected chi connectivity index (χ3v) is 15.5. The van der Waals surface area contributed by atoms with Crippen LogP contribution in [-0.4, -0.2) is 40.9 Å². The summed E-state index contributed by atoms with van der Waals surface area (Å²) in [5.74, 6) is 0.624. The van der Waals surface area contributed by atoms with E-state index in [1.54, 1.807) is 22.7 Å². The van der Waals surface area contributed by atoms with E-state index >= 15 is 0 Å². The lowest BCUT2D eigenvalue weighted by atomic mass is 10.1. The maximum Gasteiger partial charge on any atom is 0.407 e. The summed E-state index contributed by atoms with van der Waals surface area (Å²) in [4.78, 5) is 25.4. The third-order valence-electron chi connectivity index (χ3n) is 8.45. The van der Waals surface area contributed by atoms with Crippen LogP contribution in [0.4, 0.5) is 4.79 Å². The van der Waals surface area contributed by atoms with Gasteiger partial charge in [0, 0.05) is 13.0 Å². The second-order valence-corrected chi connectivity index (χ2v) is 18.5. The molecule has 44 heavy (non-hydrogen) atoms. The van der Waals surface area contributed by atoms with Gasteiger partial charge in [-0.25, -0.2) is 14.8 Å². The van der Waals surface area contributed by atoms with Crippen LogP contribution in [0.2, 0.25) is 5.04 Å². The predicted octanol–water partition coefficient (Wildman–Crippen LogP) is 7.92. The van der Waals surface area contributed by atoms with Crippen molar-refractivity contribution < 1.29 is 14.3 Å². The average molecular weight is 640 g/mol. The summed E-state index contributed by atoms with van der Waals surface area (Å²) in [7, 11) is -2.95. The average Bonchev–Trinajstić information content (AvgIpc) is 3.77. The number of carboxylic acid groups (broad SMARTS) is 1. The van der Waals surface area contributed by atoms with Gasteiger partial charge >= 0.3 is 14.4 Å². The Hall–Kier alpha value is -3.79. The predicted molar refractivity (Wildman–Crippen MR) is 182 cm³/mol. The minimum absolute atomic E-state index is 0.231. The number of carbonyl (C=O) groups is 1. The molecule has 1 amide bonds. The van der Waals surface area contributed by atoms with E-state index in [0.717, 1.165) is 39.5 Å². The van der Waals surface area contributed by atoms with Crippen LogP contribution in [0.3, 0.4) is 0 Å². The van der Waals surface area contributed by atoms with Crippen molar-refractivity contribution >= 4 is 47.5 Å². The molecule has 9 heteroatoms. The summed E-state index contributed by atoms with van der Waals surface area (Å²) >= 11 is 3.24. The van der Waals surface area contributed by atoms with Crippen LogP contribution in [0.25, 0.3) is 10.4 Å². The first kappa shape index (κ1) is 30.2. The Kier molecular flexibility index (Phi) is 8.46. The van der Waals surface area contributed by atoms with Gasteiger partial charge < -0.3 is 9.53 Å². The molecule has 1 atom stereocenters. The molecule has 1 saturated heterocycles. The molecule has 0 bridgehead atoms. The fourth-order valence-electron chi connectivity index (χ4n) is 6.27. The Labute approximate surface area is 268 Å². The van der Waals surface area contributed by atoms with Crippen LogP contribution in [-0.2, 0) is 6.42 Å². The summed E-state index contributed by atoms with van der Waals surface area (Å²) in [6, 6.07) is 29.5. The number of aryl methyl sites for hydroxylation is 1. The largest absolute Gasteiger partial charge is 0.520 e. The lowest BCUT2D eigenvalue weighted by molar-refractivity contribution is 0.140. The van der Waals surface area contributed by atoms with Crippen molar-refractivity contribution in [1.82, 2.24) is 14.9 Å². The first-order valence-electron chi connectivity index (χ1n) is 15.0. The van der Waals surface area contributed by atoms with Crippen LogP contribution in [0.15, 0.2) is 90.4 Å². The zero-order valence-electron chi connectivity index (χ0n) is 25.5. The highest BCUT2D eigenvalue weighted by Gasteiger charge is 2.53. The van der Waals surface area contributed by atoms with Gasteiger partial charge in [0.1, 0.15) is 5.01 Å². The van der Waals surface area contributed by atoms with E-state index in [1.165, 1.54) is 20.2 Å². The van der Waals surface area contributed by atoms with E-state index in [4.69, 9.17) is 9.41 Å². The monoisotopic (exact) mass is 639 g/mol. The Morgan fingerprint density at radius 2 is 1.64 bits per heavy atom. The summed E-state index contributed by atoms with van der Waals surface area (Å²) in [5, 5.41) is 12.9. The number of benzene rings is 3. The minimum atomic E-state index is -2.95. The van der Waals surface area contributed by atoms with Crippen molar-refractivity contribution in [3.63, 3.8) is 0 Å². The topological polar surface area (TPSA) is 75.6 Å². The van der Waals surface area contributed by atoms with E-state index in [1.807, 2.05) is 24.6 Å². The van der Waals surface area contributed by atoms with Gasteiger partial charge in [-0.3, -0.25) is 4.90 Å². The fourth-order valence-corrected chi connectivity index (χ4v) is 12.7. The number of aromatic nitrogens is 2. The molecule has 3 aromatic carbocycles. The number of amides is 1. The summed E-state index contributed by atoms with van der Waals surface area (Å²) < 4.78 is 7.44. The second kappa shape index (κ2) is 12.3. The lowest BCUT2D eigenvalue weighted by Crippen LogP contribution is -2.69.